The molecule has 162 valence electrons. The smallest absolute Gasteiger partial charge is 0.295 e. The number of amides is 1. The number of aromatic hydroxyl groups is 1. The third-order valence-corrected chi connectivity index (χ3v) is 6.47. The summed E-state index contributed by atoms with van der Waals surface area (Å²) in [6, 6.07) is 7.57. The number of hydrogen-bond acceptors (Lipinski definition) is 4. The standard InChI is InChI=1S/C24H23ClFNO4/c1-13-11-15(7-9-18(13)26)22(29)20-21(14-8-10-19(28)17(25)12-14)27(24(31)23(20)30)16-5-3-2-4-6-16/h7-12,16,21,28-29H,2-6H2,1H3/b22-20-. The van der Waals surface area contributed by atoms with Crippen LogP contribution in [0.2, 0.25) is 5.02 Å². The number of aliphatic hydroxyl groups excluding tert-OH is 1. The summed E-state index contributed by atoms with van der Waals surface area (Å²) in [7, 11) is 0. The van der Waals surface area contributed by atoms with Crippen LogP contribution in [0.25, 0.3) is 5.76 Å². The van der Waals surface area contributed by atoms with Crippen LogP contribution in [0.3, 0.4) is 0 Å². The minimum absolute atomic E-state index is 0.0525. The van der Waals surface area contributed by atoms with Crippen molar-refractivity contribution in [2.45, 2.75) is 51.1 Å². The van der Waals surface area contributed by atoms with Crippen LogP contribution in [0.15, 0.2) is 42.0 Å². The molecule has 1 amide bonds. The summed E-state index contributed by atoms with van der Waals surface area (Å²) in [5.74, 6) is -2.34. The molecule has 1 unspecified atom stereocenters. The van der Waals surface area contributed by atoms with E-state index in [-0.39, 0.29) is 33.7 Å². The first-order chi connectivity index (χ1) is 14.8. The zero-order chi connectivity index (χ0) is 22.3. The predicted molar refractivity (Wildman–Crippen MR) is 115 cm³/mol. The van der Waals surface area contributed by atoms with Gasteiger partial charge in [0, 0.05) is 11.6 Å². The molecule has 0 spiro atoms. The first kappa shape index (κ1) is 21.4. The Balaban J connectivity index is 1.90. The van der Waals surface area contributed by atoms with Crippen molar-refractivity contribution in [3.8, 4) is 5.75 Å². The van der Waals surface area contributed by atoms with Crippen LogP contribution >= 0.6 is 11.6 Å². The van der Waals surface area contributed by atoms with E-state index in [2.05, 4.69) is 0 Å². The first-order valence-electron chi connectivity index (χ1n) is 10.3. The molecule has 0 bridgehead atoms. The van der Waals surface area contributed by atoms with Crippen molar-refractivity contribution in [3.05, 3.63) is 69.5 Å². The number of benzene rings is 2. The Morgan fingerprint density at radius 2 is 1.81 bits per heavy atom. The zero-order valence-corrected chi connectivity index (χ0v) is 17.8. The van der Waals surface area contributed by atoms with E-state index in [1.807, 2.05) is 0 Å². The van der Waals surface area contributed by atoms with Crippen LogP contribution in [-0.2, 0) is 9.59 Å². The Hall–Kier alpha value is -2.86. The SMILES string of the molecule is Cc1cc(/C(O)=C2/C(=O)C(=O)N(C3CCCCC3)C2c2ccc(O)c(Cl)c2)ccc1F. The number of aliphatic hydroxyl groups is 1. The summed E-state index contributed by atoms with van der Waals surface area (Å²) in [4.78, 5) is 27.7. The summed E-state index contributed by atoms with van der Waals surface area (Å²) in [6.07, 6.45) is 4.52. The number of rotatable bonds is 3. The molecule has 1 aliphatic carbocycles. The number of likely N-dealkylation sites (tertiary alicyclic amines) is 1. The van der Waals surface area contributed by atoms with Crippen LogP contribution in [0.1, 0.15) is 54.8 Å². The second-order valence-corrected chi connectivity index (χ2v) is 8.58. The molecule has 0 radical (unpaired) electrons. The summed E-state index contributed by atoms with van der Waals surface area (Å²) in [6.45, 7) is 1.56. The maximum atomic E-state index is 13.7. The molecule has 1 atom stereocenters. The van der Waals surface area contributed by atoms with Crippen molar-refractivity contribution < 1.29 is 24.2 Å². The average molecular weight is 444 g/mol. The van der Waals surface area contributed by atoms with E-state index in [4.69, 9.17) is 11.6 Å². The molecule has 5 nitrogen and oxygen atoms in total. The minimum Gasteiger partial charge on any atom is -0.507 e. The third-order valence-electron chi connectivity index (χ3n) is 6.17. The second kappa shape index (κ2) is 8.35. The molecule has 2 aliphatic rings. The van der Waals surface area contributed by atoms with Crippen molar-refractivity contribution in [3.63, 3.8) is 0 Å². The van der Waals surface area contributed by atoms with E-state index in [0.717, 1.165) is 32.1 Å². The van der Waals surface area contributed by atoms with Crippen LogP contribution in [0, 0.1) is 12.7 Å². The molecule has 2 N–H and O–H groups in total. The molecular weight excluding hydrogens is 421 g/mol. The molecule has 7 heteroatoms. The molecule has 1 saturated heterocycles. The van der Waals surface area contributed by atoms with Gasteiger partial charge in [0.2, 0.25) is 0 Å². The summed E-state index contributed by atoms with van der Waals surface area (Å²) >= 11 is 6.12. The van der Waals surface area contributed by atoms with Crippen molar-refractivity contribution in [2.24, 2.45) is 0 Å². The monoisotopic (exact) mass is 443 g/mol. The first-order valence-corrected chi connectivity index (χ1v) is 10.7. The van der Waals surface area contributed by atoms with E-state index < -0.39 is 23.5 Å². The number of hydrogen-bond donors (Lipinski definition) is 2. The van der Waals surface area contributed by atoms with Gasteiger partial charge < -0.3 is 15.1 Å². The van der Waals surface area contributed by atoms with Gasteiger partial charge in [-0.15, -0.1) is 0 Å². The van der Waals surface area contributed by atoms with Gasteiger partial charge in [0.05, 0.1) is 16.6 Å². The van der Waals surface area contributed by atoms with E-state index in [1.165, 1.54) is 30.3 Å². The molecule has 2 fully saturated rings. The molecule has 0 aromatic heterocycles. The zero-order valence-electron chi connectivity index (χ0n) is 17.1. The highest BCUT2D eigenvalue weighted by atomic mass is 35.5. The van der Waals surface area contributed by atoms with Gasteiger partial charge in [0.25, 0.3) is 11.7 Å². The fourth-order valence-corrected chi connectivity index (χ4v) is 4.74. The largest absolute Gasteiger partial charge is 0.507 e. The quantitative estimate of drug-likeness (QED) is 0.386. The van der Waals surface area contributed by atoms with Gasteiger partial charge in [-0.05, 0) is 61.2 Å². The van der Waals surface area contributed by atoms with Crippen molar-refractivity contribution in [2.75, 3.05) is 0 Å². The fourth-order valence-electron chi connectivity index (χ4n) is 4.55. The topological polar surface area (TPSA) is 77.8 Å². The number of phenolic OH excluding ortho intramolecular Hbond substituents is 1. The van der Waals surface area contributed by atoms with Crippen LogP contribution in [0.4, 0.5) is 4.39 Å². The van der Waals surface area contributed by atoms with E-state index in [9.17, 15) is 24.2 Å². The lowest BCUT2D eigenvalue weighted by Crippen LogP contribution is -2.40. The normalized spacial score (nSPS) is 21.6. The van der Waals surface area contributed by atoms with Crippen LogP contribution in [0.5, 0.6) is 5.75 Å². The molecular formula is C24H23ClFNO4. The Labute approximate surface area is 184 Å². The van der Waals surface area contributed by atoms with E-state index >= 15 is 0 Å². The highest BCUT2D eigenvalue weighted by Crippen LogP contribution is 2.44. The number of halogens is 2. The van der Waals surface area contributed by atoms with Gasteiger partial charge in [-0.3, -0.25) is 9.59 Å². The third kappa shape index (κ3) is 3.81. The maximum absolute atomic E-state index is 13.7. The van der Waals surface area contributed by atoms with Gasteiger partial charge in [0.15, 0.2) is 0 Å². The summed E-state index contributed by atoms with van der Waals surface area (Å²) < 4.78 is 13.7. The molecule has 2 aromatic carbocycles. The van der Waals surface area contributed by atoms with Gasteiger partial charge in [-0.25, -0.2) is 4.39 Å². The number of phenols is 1. The molecule has 2 aromatic rings. The maximum Gasteiger partial charge on any atom is 0.295 e. The molecule has 4 rings (SSSR count). The van der Waals surface area contributed by atoms with Crippen molar-refractivity contribution in [1.82, 2.24) is 4.90 Å². The van der Waals surface area contributed by atoms with E-state index in [0.29, 0.717) is 11.1 Å². The van der Waals surface area contributed by atoms with Gasteiger partial charge >= 0.3 is 0 Å². The Morgan fingerprint density at radius 3 is 2.45 bits per heavy atom. The Morgan fingerprint density at radius 1 is 1.10 bits per heavy atom. The Bertz CT molecular complexity index is 1090. The number of carbonyl (C=O) groups excluding carboxylic acids is 2. The predicted octanol–water partition coefficient (Wildman–Crippen LogP) is 5.25. The highest BCUT2D eigenvalue weighted by Gasteiger charge is 2.49. The average Bonchev–Trinajstić information content (AvgIpc) is 3.03. The summed E-state index contributed by atoms with van der Waals surface area (Å²) in [5.41, 5.74) is 1.04. The minimum atomic E-state index is -0.841. The molecule has 1 saturated carbocycles. The lowest BCUT2D eigenvalue weighted by Gasteiger charge is -2.35. The second-order valence-electron chi connectivity index (χ2n) is 8.17. The number of carbonyl (C=O) groups is 2. The molecule has 31 heavy (non-hydrogen) atoms. The van der Waals surface area contributed by atoms with Crippen LogP contribution in [-0.4, -0.2) is 32.8 Å². The lowest BCUT2D eigenvalue weighted by molar-refractivity contribution is -0.141. The molecule has 1 heterocycles. The number of ketones is 1. The number of Topliss-reactive ketones (excluding diaryl/α,β-unsaturated/α-hetero) is 1. The highest BCUT2D eigenvalue weighted by molar-refractivity contribution is 6.46. The van der Waals surface area contributed by atoms with Gasteiger partial charge in [0.1, 0.15) is 17.3 Å². The molecule has 1 aliphatic heterocycles. The fraction of sp³-hybridized carbons (Fsp3) is 0.333. The number of aryl methyl sites for hydroxylation is 1. The summed E-state index contributed by atoms with van der Waals surface area (Å²) in [5, 5.41) is 21.0. The van der Waals surface area contributed by atoms with Crippen molar-refractivity contribution >= 4 is 29.1 Å². The van der Waals surface area contributed by atoms with Gasteiger partial charge in [-0.2, -0.15) is 0 Å². The van der Waals surface area contributed by atoms with Crippen LogP contribution < -0.4 is 0 Å². The van der Waals surface area contributed by atoms with E-state index in [1.54, 1.807) is 17.9 Å². The van der Waals surface area contributed by atoms with Gasteiger partial charge in [-0.1, -0.05) is 36.9 Å². The Kier molecular flexibility index (Phi) is 5.75. The van der Waals surface area contributed by atoms with Crippen molar-refractivity contribution in [1.29, 1.82) is 0 Å². The lowest BCUT2D eigenvalue weighted by atomic mass is 9.91. The number of nitrogens with zero attached hydrogens (tertiary/aromatic N) is 1.